The number of aliphatic carboxylic acids is 1. The molecule has 1 aliphatic rings. The van der Waals surface area contributed by atoms with Crippen molar-refractivity contribution in [3.63, 3.8) is 0 Å². The number of aromatic carboxylic acids is 1. The van der Waals surface area contributed by atoms with Gasteiger partial charge in [-0.05, 0) is 42.3 Å². The molecule has 1 saturated heterocycles. The zero-order valence-corrected chi connectivity index (χ0v) is 12.3. The maximum Gasteiger partial charge on any atom is 0.335 e. The van der Waals surface area contributed by atoms with Crippen molar-refractivity contribution < 1.29 is 19.8 Å². The largest absolute Gasteiger partial charge is 0.480 e. The Labute approximate surface area is 132 Å². The van der Waals surface area contributed by atoms with Crippen molar-refractivity contribution >= 4 is 11.9 Å². The van der Waals surface area contributed by atoms with Crippen LogP contribution in [0, 0.1) is 0 Å². The van der Waals surface area contributed by atoms with Crippen LogP contribution in [0.15, 0.2) is 42.7 Å². The molecule has 3 N–H and O–H groups in total. The normalized spacial score (nSPS) is 20.3. The zero-order valence-electron chi connectivity index (χ0n) is 12.3. The third-order valence-corrected chi connectivity index (χ3v) is 4.11. The van der Waals surface area contributed by atoms with Crippen molar-refractivity contribution in [3.05, 3.63) is 53.9 Å². The first-order chi connectivity index (χ1) is 11.1. The quantitative estimate of drug-likeness (QED) is 0.798. The number of rotatable bonds is 4. The van der Waals surface area contributed by atoms with E-state index in [1.807, 2.05) is 12.1 Å². The summed E-state index contributed by atoms with van der Waals surface area (Å²) in [6.45, 7) is 0.598. The van der Waals surface area contributed by atoms with Crippen LogP contribution in [0.1, 0.15) is 28.3 Å². The van der Waals surface area contributed by atoms with Gasteiger partial charge in [-0.3, -0.25) is 9.78 Å². The highest BCUT2D eigenvalue weighted by molar-refractivity contribution is 5.90. The summed E-state index contributed by atoms with van der Waals surface area (Å²) in [4.78, 5) is 26.8. The molecule has 23 heavy (non-hydrogen) atoms. The molecular formula is C17H16N2O4. The number of nitrogens with zero attached hydrogens (tertiary/aromatic N) is 1. The van der Waals surface area contributed by atoms with Crippen molar-refractivity contribution in [2.45, 2.75) is 18.4 Å². The molecule has 0 spiro atoms. The van der Waals surface area contributed by atoms with Crippen molar-refractivity contribution in [3.8, 4) is 11.1 Å². The summed E-state index contributed by atoms with van der Waals surface area (Å²) in [6.07, 6.45) is 3.96. The number of nitrogens with one attached hydrogen (secondary N) is 1. The van der Waals surface area contributed by atoms with E-state index >= 15 is 0 Å². The van der Waals surface area contributed by atoms with Crippen molar-refractivity contribution in [1.29, 1.82) is 0 Å². The van der Waals surface area contributed by atoms with Crippen LogP contribution in [0.3, 0.4) is 0 Å². The fourth-order valence-corrected chi connectivity index (χ4v) is 3.01. The van der Waals surface area contributed by atoms with E-state index in [-0.39, 0.29) is 11.5 Å². The SMILES string of the molecule is O=C(O)c1cc(-c2cccnc2)cc([C@H]2CCN[C@@H]2C(=O)O)c1. The van der Waals surface area contributed by atoms with E-state index in [0.29, 0.717) is 13.0 Å². The smallest absolute Gasteiger partial charge is 0.335 e. The average molecular weight is 312 g/mol. The minimum absolute atomic E-state index is 0.150. The molecular weight excluding hydrogens is 296 g/mol. The van der Waals surface area contributed by atoms with Crippen molar-refractivity contribution in [2.24, 2.45) is 0 Å². The van der Waals surface area contributed by atoms with Gasteiger partial charge in [0.25, 0.3) is 0 Å². The van der Waals surface area contributed by atoms with Gasteiger partial charge >= 0.3 is 11.9 Å². The van der Waals surface area contributed by atoms with Crippen LogP contribution < -0.4 is 5.32 Å². The average Bonchev–Trinajstić information content (AvgIpc) is 3.05. The van der Waals surface area contributed by atoms with E-state index in [0.717, 1.165) is 16.7 Å². The Morgan fingerprint density at radius 2 is 2.00 bits per heavy atom. The number of carbonyl (C=O) groups is 2. The highest BCUT2D eigenvalue weighted by Gasteiger charge is 2.34. The fraction of sp³-hybridized carbons (Fsp3) is 0.235. The number of aromatic nitrogens is 1. The summed E-state index contributed by atoms with van der Waals surface area (Å²) in [6, 6.07) is 7.94. The third-order valence-electron chi connectivity index (χ3n) is 4.11. The second kappa shape index (κ2) is 6.18. The number of carboxylic acid groups (broad SMARTS) is 2. The van der Waals surface area contributed by atoms with Crippen LogP contribution in [-0.2, 0) is 4.79 Å². The molecule has 0 aliphatic carbocycles. The van der Waals surface area contributed by atoms with E-state index < -0.39 is 18.0 Å². The minimum atomic E-state index is -1.03. The molecule has 0 bridgehead atoms. The Bertz CT molecular complexity index is 746. The summed E-state index contributed by atoms with van der Waals surface area (Å²) in [5.41, 5.74) is 2.40. The first-order valence-electron chi connectivity index (χ1n) is 7.31. The molecule has 0 radical (unpaired) electrons. The molecule has 1 fully saturated rings. The molecule has 1 aromatic carbocycles. The topological polar surface area (TPSA) is 99.5 Å². The Kier molecular flexibility index (Phi) is 4.08. The van der Waals surface area contributed by atoms with Crippen molar-refractivity contribution in [1.82, 2.24) is 10.3 Å². The predicted molar refractivity (Wildman–Crippen MR) is 83.4 cm³/mol. The molecule has 2 heterocycles. The molecule has 0 unspecified atom stereocenters. The Balaban J connectivity index is 2.08. The lowest BCUT2D eigenvalue weighted by Crippen LogP contribution is -2.34. The van der Waals surface area contributed by atoms with E-state index in [2.05, 4.69) is 10.3 Å². The number of benzene rings is 1. The van der Waals surface area contributed by atoms with Gasteiger partial charge in [0.15, 0.2) is 0 Å². The van der Waals surface area contributed by atoms with Crippen LogP contribution in [-0.4, -0.2) is 39.7 Å². The van der Waals surface area contributed by atoms with Crippen molar-refractivity contribution in [2.75, 3.05) is 6.54 Å². The van der Waals surface area contributed by atoms with E-state index in [9.17, 15) is 19.8 Å². The van der Waals surface area contributed by atoms with Gasteiger partial charge in [0.05, 0.1) is 5.56 Å². The van der Waals surface area contributed by atoms with Gasteiger partial charge in [-0.15, -0.1) is 0 Å². The van der Waals surface area contributed by atoms with E-state index in [1.54, 1.807) is 30.6 Å². The number of pyridine rings is 1. The lowest BCUT2D eigenvalue weighted by molar-refractivity contribution is -0.139. The monoisotopic (exact) mass is 312 g/mol. The summed E-state index contributed by atoms with van der Waals surface area (Å²) < 4.78 is 0. The standard InChI is InChI=1S/C17H16N2O4/c20-16(21)13-7-11(10-2-1-4-18-9-10)6-12(8-13)14-3-5-19-15(14)17(22)23/h1-2,4,6-9,14-15,19H,3,5H2,(H,20,21)(H,22,23)/t14-,15+/m1/s1. The summed E-state index contributed by atoms with van der Waals surface area (Å²) in [7, 11) is 0. The number of carboxylic acids is 2. The van der Waals surface area contributed by atoms with E-state index in [1.165, 1.54) is 0 Å². The van der Waals surface area contributed by atoms with Crippen LogP contribution in [0.5, 0.6) is 0 Å². The van der Waals surface area contributed by atoms with Gasteiger partial charge in [0.1, 0.15) is 6.04 Å². The molecule has 1 aromatic heterocycles. The number of hydrogen-bond acceptors (Lipinski definition) is 4. The van der Waals surface area contributed by atoms with Crippen LogP contribution in [0.2, 0.25) is 0 Å². The minimum Gasteiger partial charge on any atom is -0.480 e. The molecule has 6 heteroatoms. The lowest BCUT2D eigenvalue weighted by Gasteiger charge is -2.17. The van der Waals surface area contributed by atoms with Crippen LogP contribution in [0.4, 0.5) is 0 Å². The van der Waals surface area contributed by atoms with Gasteiger partial charge in [-0.2, -0.15) is 0 Å². The molecule has 1 aliphatic heterocycles. The van der Waals surface area contributed by atoms with Gasteiger partial charge < -0.3 is 15.5 Å². The third kappa shape index (κ3) is 3.07. The summed E-state index contributed by atoms with van der Waals surface area (Å²) >= 11 is 0. The van der Waals surface area contributed by atoms with E-state index in [4.69, 9.17) is 0 Å². The van der Waals surface area contributed by atoms with Crippen LogP contribution in [0.25, 0.3) is 11.1 Å². The predicted octanol–water partition coefficient (Wildman–Crippen LogP) is 1.98. The molecule has 0 saturated carbocycles. The van der Waals surface area contributed by atoms with Gasteiger partial charge in [-0.1, -0.05) is 12.1 Å². The van der Waals surface area contributed by atoms with Gasteiger partial charge in [0, 0.05) is 23.9 Å². The van der Waals surface area contributed by atoms with Gasteiger partial charge in [-0.25, -0.2) is 4.79 Å². The maximum absolute atomic E-state index is 11.4. The molecule has 6 nitrogen and oxygen atoms in total. The molecule has 118 valence electrons. The molecule has 2 atom stereocenters. The maximum atomic E-state index is 11.4. The first-order valence-corrected chi connectivity index (χ1v) is 7.31. The molecule has 3 rings (SSSR count). The fourth-order valence-electron chi connectivity index (χ4n) is 3.01. The Hall–Kier alpha value is -2.73. The highest BCUT2D eigenvalue weighted by atomic mass is 16.4. The molecule has 2 aromatic rings. The Morgan fingerprint density at radius 3 is 2.65 bits per heavy atom. The summed E-state index contributed by atoms with van der Waals surface area (Å²) in [5.74, 6) is -2.20. The first kappa shape index (κ1) is 15.2. The number of hydrogen-bond donors (Lipinski definition) is 3. The highest BCUT2D eigenvalue weighted by Crippen LogP contribution is 2.32. The lowest BCUT2D eigenvalue weighted by atomic mass is 9.88. The second-order valence-electron chi connectivity index (χ2n) is 5.56. The summed E-state index contributed by atoms with van der Waals surface area (Å²) in [5, 5.41) is 21.6. The van der Waals surface area contributed by atoms with Gasteiger partial charge in [0.2, 0.25) is 0 Å². The Morgan fingerprint density at radius 1 is 1.17 bits per heavy atom. The zero-order chi connectivity index (χ0) is 16.4. The molecule has 0 amide bonds. The van der Waals surface area contributed by atoms with Crippen LogP contribution >= 0.6 is 0 Å². The second-order valence-corrected chi connectivity index (χ2v) is 5.56.